The number of carbonyl (C=O) groups excluding carboxylic acids is 1. The second kappa shape index (κ2) is 9.30. The van der Waals surface area contributed by atoms with Crippen molar-refractivity contribution >= 4 is 5.91 Å². The topological polar surface area (TPSA) is 77.0 Å². The lowest BCUT2D eigenvalue weighted by Crippen LogP contribution is -2.28. The van der Waals surface area contributed by atoms with Gasteiger partial charge < -0.3 is 4.84 Å². The van der Waals surface area contributed by atoms with E-state index >= 15 is 0 Å². The maximum absolute atomic E-state index is 13.7. The van der Waals surface area contributed by atoms with Crippen molar-refractivity contribution < 1.29 is 18.4 Å². The number of nitrogens with zero attached hydrogens (tertiary/aromatic N) is 3. The van der Waals surface area contributed by atoms with E-state index in [-0.39, 0.29) is 6.42 Å². The summed E-state index contributed by atoms with van der Waals surface area (Å²) in [5.41, 5.74) is 5.64. The van der Waals surface area contributed by atoms with E-state index in [1.807, 2.05) is 0 Å². The highest BCUT2D eigenvalue weighted by Gasteiger charge is 2.18. The number of hydrogen-bond acceptors (Lipinski definition) is 5. The zero-order valence-electron chi connectivity index (χ0n) is 17.0. The van der Waals surface area contributed by atoms with Crippen LogP contribution in [0.2, 0.25) is 0 Å². The van der Waals surface area contributed by atoms with Gasteiger partial charge in [-0.2, -0.15) is 5.48 Å². The van der Waals surface area contributed by atoms with Crippen molar-refractivity contribution in [1.82, 2.24) is 20.4 Å². The van der Waals surface area contributed by atoms with Crippen molar-refractivity contribution in [3.05, 3.63) is 107 Å². The Morgan fingerprint density at radius 2 is 1.69 bits per heavy atom. The Kier molecular flexibility index (Phi) is 6.12. The van der Waals surface area contributed by atoms with Gasteiger partial charge in [0, 0.05) is 53.3 Å². The van der Waals surface area contributed by atoms with Crippen LogP contribution in [0.1, 0.15) is 27.0 Å². The predicted molar refractivity (Wildman–Crippen MR) is 114 cm³/mol. The first-order valence-electron chi connectivity index (χ1n) is 9.72. The number of hydrogen-bond donors (Lipinski definition) is 1. The van der Waals surface area contributed by atoms with E-state index in [4.69, 9.17) is 4.84 Å². The molecule has 0 spiro atoms. The van der Waals surface area contributed by atoms with Gasteiger partial charge in [-0.15, -0.1) is 0 Å². The molecule has 0 fully saturated rings. The van der Waals surface area contributed by atoms with E-state index in [0.717, 1.165) is 6.07 Å². The number of halogens is 2. The fourth-order valence-corrected chi connectivity index (χ4v) is 3.31. The molecule has 2 aromatic heterocycles. The highest BCUT2D eigenvalue weighted by atomic mass is 19.1. The maximum atomic E-state index is 13.7. The van der Waals surface area contributed by atoms with Gasteiger partial charge in [0.05, 0.1) is 5.69 Å². The molecule has 0 unspecified atom stereocenters. The third kappa shape index (κ3) is 4.75. The average molecular weight is 432 g/mol. The van der Waals surface area contributed by atoms with Crippen molar-refractivity contribution in [1.29, 1.82) is 0 Å². The SMILES string of the molecule is Cc1c(-c2cncnc2)ncc(Cc2cc(F)cc(F)c2)c1ONC(=O)c1ccccc1. The highest BCUT2D eigenvalue weighted by Crippen LogP contribution is 2.32. The number of pyridine rings is 1. The van der Waals surface area contributed by atoms with E-state index < -0.39 is 17.5 Å². The zero-order valence-corrected chi connectivity index (χ0v) is 17.0. The summed E-state index contributed by atoms with van der Waals surface area (Å²) in [6.45, 7) is 1.77. The molecule has 0 saturated carbocycles. The smallest absolute Gasteiger partial charge is 0.283 e. The lowest BCUT2D eigenvalue weighted by atomic mass is 10.0. The number of nitrogens with one attached hydrogen (secondary N) is 1. The standard InChI is InChI=1S/C24H18F2N4O2/c1-15-22(19-11-27-14-28-12-19)29-13-18(7-16-8-20(25)10-21(26)9-16)23(15)32-30-24(31)17-5-3-2-4-6-17/h2-6,8-14H,7H2,1H3,(H,30,31). The van der Waals surface area contributed by atoms with E-state index in [1.54, 1.807) is 55.8 Å². The van der Waals surface area contributed by atoms with Crippen LogP contribution in [0.15, 0.2) is 73.4 Å². The molecule has 4 aromatic rings. The first kappa shape index (κ1) is 21.0. The molecule has 4 rings (SSSR count). The molecule has 0 aliphatic carbocycles. The summed E-state index contributed by atoms with van der Waals surface area (Å²) in [4.78, 5) is 30.7. The molecule has 1 N–H and O–H groups in total. The maximum Gasteiger partial charge on any atom is 0.283 e. The fraction of sp³-hybridized carbons (Fsp3) is 0.0833. The minimum Gasteiger partial charge on any atom is -0.379 e. The lowest BCUT2D eigenvalue weighted by Gasteiger charge is -2.16. The van der Waals surface area contributed by atoms with Crippen LogP contribution in [-0.2, 0) is 6.42 Å². The van der Waals surface area contributed by atoms with Gasteiger partial charge in [-0.3, -0.25) is 9.78 Å². The molecule has 0 saturated heterocycles. The van der Waals surface area contributed by atoms with Gasteiger partial charge >= 0.3 is 0 Å². The van der Waals surface area contributed by atoms with Gasteiger partial charge in [-0.1, -0.05) is 18.2 Å². The molecule has 2 aromatic carbocycles. The van der Waals surface area contributed by atoms with Crippen LogP contribution in [0.4, 0.5) is 8.78 Å². The van der Waals surface area contributed by atoms with Crippen LogP contribution >= 0.6 is 0 Å². The van der Waals surface area contributed by atoms with Crippen molar-refractivity contribution in [3.8, 4) is 17.0 Å². The number of benzene rings is 2. The summed E-state index contributed by atoms with van der Waals surface area (Å²) in [7, 11) is 0. The Labute approximate surface area is 182 Å². The van der Waals surface area contributed by atoms with Gasteiger partial charge in [0.2, 0.25) is 0 Å². The van der Waals surface area contributed by atoms with Gasteiger partial charge in [0.25, 0.3) is 5.91 Å². The molecule has 2 heterocycles. The van der Waals surface area contributed by atoms with Crippen LogP contribution in [0.3, 0.4) is 0 Å². The summed E-state index contributed by atoms with van der Waals surface area (Å²) >= 11 is 0. The summed E-state index contributed by atoms with van der Waals surface area (Å²) in [5.74, 6) is -1.47. The molecular formula is C24H18F2N4O2. The molecule has 1 amide bonds. The molecule has 6 nitrogen and oxygen atoms in total. The van der Waals surface area contributed by atoms with Crippen LogP contribution in [0.25, 0.3) is 11.3 Å². The highest BCUT2D eigenvalue weighted by molar-refractivity contribution is 5.93. The van der Waals surface area contributed by atoms with Crippen molar-refractivity contribution in [2.75, 3.05) is 0 Å². The van der Waals surface area contributed by atoms with Crippen molar-refractivity contribution in [3.63, 3.8) is 0 Å². The summed E-state index contributed by atoms with van der Waals surface area (Å²) in [6.07, 6.45) is 6.31. The predicted octanol–water partition coefficient (Wildman–Crippen LogP) is 4.44. The monoisotopic (exact) mass is 432 g/mol. The quantitative estimate of drug-likeness (QED) is 0.456. The van der Waals surface area contributed by atoms with Gasteiger partial charge in [0.1, 0.15) is 18.0 Å². The average Bonchev–Trinajstić information content (AvgIpc) is 2.79. The first-order valence-corrected chi connectivity index (χ1v) is 9.72. The van der Waals surface area contributed by atoms with Crippen molar-refractivity contribution in [2.45, 2.75) is 13.3 Å². The minimum atomic E-state index is -0.678. The third-order valence-electron chi connectivity index (χ3n) is 4.77. The molecule has 160 valence electrons. The molecule has 0 bridgehead atoms. The molecule has 8 heteroatoms. The lowest BCUT2D eigenvalue weighted by molar-refractivity contribution is 0.0757. The Hall–Kier alpha value is -4.20. The van der Waals surface area contributed by atoms with Crippen LogP contribution in [-0.4, -0.2) is 20.9 Å². The zero-order chi connectivity index (χ0) is 22.5. The summed E-state index contributed by atoms with van der Waals surface area (Å²) in [6, 6.07) is 11.9. The third-order valence-corrected chi connectivity index (χ3v) is 4.77. The second-order valence-electron chi connectivity index (χ2n) is 7.07. The number of amides is 1. The minimum absolute atomic E-state index is 0.143. The molecule has 0 atom stereocenters. The first-order chi connectivity index (χ1) is 15.5. The summed E-state index contributed by atoms with van der Waals surface area (Å²) < 4.78 is 27.4. The fourth-order valence-electron chi connectivity index (χ4n) is 3.31. The Morgan fingerprint density at radius 1 is 1.00 bits per heavy atom. The molecule has 0 radical (unpaired) electrons. The van der Waals surface area contributed by atoms with E-state index in [1.165, 1.54) is 18.5 Å². The van der Waals surface area contributed by atoms with Gasteiger partial charge in [0.15, 0.2) is 5.75 Å². The van der Waals surface area contributed by atoms with Crippen LogP contribution in [0.5, 0.6) is 5.75 Å². The Bertz CT molecular complexity index is 1230. The second-order valence-corrected chi connectivity index (χ2v) is 7.07. The van der Waals surface area contributed by atoms with E-state index in [0.29, 0.717) is 39.3 Å². The number of rotatable bonds is 6. The number of aromatic nitrogens is 3. The molecule has 0 aliphatic rings. The summed E-state index contributed by atoms with van der Waals surface area (Å²) in [5, 5.41) is 0. The normalized spacial score (nSPS) is 10.6. The largest absolute Gasteiger partial charge is 0.379 e. The number of hydroxylamine groups is 1. The van der Waals surface area contributed by atoms with Gasteiger partial charge in [-0.05, 0) is 36.8 Å². The van der Waals surface area contributed by atoms with Crippen molar-refractivity contribution in [2.24, 2.45) is 0 Å². The van der Waals surface area contributed by atoms with E-state index in [2.05, 4.69) is 20.4 Å². The Morgan fingerprint density at radius 3 is 2.38 bits per heavy atom. The van der Waals surface area contributed by atoms with Crippen LogP contribution in [0, 0.1) is 18.6 Å². The van der Waals surface area contributed by atoms with Crippen LogP contribution < -0.4 is 10.3 Å². The molecule has 0 aliphatic heterocycles. The Balaban J connectivity index is 1.70. The number of carbonyl (C=O) groups is 1. The van der Waals surface area contributed by atoms with Gasteiger partial charge in [-0.25, -0.2) is 18.7 Å². The van der Waals surface area contributed by atoms with E-state index in [9.17, 15) is 13.6 Å². The molecular weight excluding hydrogens is 414 g/mol. The molecule has 32 heavy (non-hydrogen) atoms.